The molecule has 0 aliphatic carbocycles. The molecule has 4 heavy (non-hydrogen) atoms. The molecular weight excluding hydrogens is 66.1 g/mol. The van der Waals surface area contributed by atoms with Gasteiger partial charge in [0.2, 0.25) is 0 Å². The zero-order valence-electron chi connectivity index (χ0n) is 4.45. The zero-order chi connectivity index (χ0) is 3.58. The molecule has 0 aromatic rings. The van der Waals surface area contributed by atoms with Crippen LogP contribution in [0.25, 0.3) is 0 Å². The first-order chi connectivity index (χ1) is 1.73. The summed E-state index contributed by atoms with van der Waals surface area (Å²) in [4.78, 5) is 0. The summed E-state index contributed by atoms with van der Waals surface area (Å²) in [5.41, 5.74) is 0. The molecule has 2 heteroatoms. The molecule has 1 nitrogen and oxygen atoms in total. The predicted octanol–water partition coefficient (Wildman–Crippen LogP) is -1.06. The molecule has 0 aliphatic rings. The van der Waals surface area contributed by atoms with Crippen LogP contribution in [-0.4, -0.2) is 29.1 Å². The quantitative estimate of drug-likeness (QED) is 0.332. The third kappa shape index (κ3) is 96.4. The maximum absolute atomic E-state index is 2.14. The molecule has 0 aliphatic heterocycles. The maximum Gasteiger partial charge on any atom is 1.00 e. The summed E-state index contributed by atoms with van der Waals surface area (Å²) in [5, 5.41) is 0. The third-order valence-corrected chi connectivity index (χ3v) is 0. The minimum absolute atomic E-state index is 0. The van der Waals surface area contributed by atoms with Crippen LogP contribution < -0.4 is 0 Å². The van der Waals surface area contributed by atoms with Gasteiger partial charge in [-0.2, -0.15) is 0 Å². The lowest BCUT2D eigenvalue weighted by Gasteiger charge is -1.90. The highest BCUT2D eigenvalue weighted by atomic mass is 28.2. The Morgan fingerprint density at radius 3 is 1.75 bits per heavy atom. The molecule has 0 heterocycles. The van der Waals surface area contributed by atoms with E-state index in [0.29, 0.717) is 0 Å². The lowest BCUT2D eigenvalue weighted by molar-refractivity contribution is 0.679. The van der Waals surface area contributed by atoms with Gasteiger partial charge in [0.05, 0.1) is 10.4 Å². The largest absolute Gasteiger partial charge is 1.00 e. The molecule has 0 spiro atoms. The van der Waals surface area contributed by atoms with E-state index in [2.05, 4.69) is 18.7 Å². The van der Waals surface area contributed by atoms with Gasteiger partial charge in [0.1, 0.15) is 0 Å². The van der Waals surface area contributed by atoms with Crippen molar-refractivity contribution in [1.82, 2.24) is 4.57 Å². The zero-order valence-corrected chi connectivity index (χ0v) is 5.45. The second kappa shape index (κ2) is 1.49. The Kier molecular flexibility index (Phi) is 1.56. The Hall–Kier alpha value is 0.177. The first kappa shape index (κ1) is 4.18. The van der Waals surface area contributed by atoms with Gasteiger partial charge in [-0.1, -0.05) is 0 Å². The van der Waals surface area contributed by atoms with Crippen molar-refractivity contribution in [2.75, 3.05) is 14.1 Å². The molecule has 0 bridgehead atoms. The van der Waals surface area contributed by atoms with Gasteiger partial charge in [-0.05, 0) is 14.1 Å². The summed E-state index contributed by atoms with van der Waals surface area (Å²) in [6, 6.07) is 0. The molecule has 0 unspecified atom stereocenters. The minimum atomic E-state index is 0. The van der Waals surface area contributed by atoms with Gasteiger partial charge in [0.25, 0.3) is 0 Å². The van der Waals surface area contributed by atoms with Crippen LogP contribution in [0.1, 0.15) is 1.43 Å². The van der Waals surface area contributed by atoms with Gasteiger partial charge in [-0.25, -0.2) is 0 Å². The van der Waals surface area contributed by atoms with Crippen LogP contribution in [0.4, 0.5) is 0 Å². The molecule has 0 fully saturated rings. The minimum Gasteiger partial charge on any atom is -0.337 e. The molecule has 0 atom stereocenters. The van der Waals surface area contributed by atoms with E-state index in [1.807, 2.05) is 0 Å². The molecule has 0 saturated carbocycles. The summed E-state index contributed by atoms with van der Waals surface area (Å²) in [6.07, 6.45) is 0. The van der Waals surface area contributed by atoms with E-state index in [-0.39, 0.29) is 1.43 Å². The molecule has 0 amide bonds. The first-order valence-corrected chi connectivity index (χ1v) is 2.24. The van der Waals surface area contributed by atoms with E-state index in [9.17, 15) is 0 Å². The van der Waals surface area contributed by atoms with Crippen LogP contribution in [0, 0.1) is 0 Å². The highest BCUT2D eigenvalue weighted by Crippen LogP contribution is 1.44. The molecule has 0 aromatic heterocycles. The fourth-order valence-electron chi connectivity index (χ4n) is 0. The Bertz CT molecular complexity index is 14.4. The van der Waals surface area contributed by atoms with Crippen LogP contribution in [-0.2, 0) is 0 Å². The summed E-state index contributed by atoms with van der Waals surface area (Å²) >= 11 is 0. The Balaban J connectivity index is 0. The van der Waals surface area contributed by atoms with Crippen molar-refractivity contribution in [3.8, 4) is 0 Å². The number of hydrogen-bond donors (Lipinski definition) is 0. The SMILES string of the molecule is CN(C)[SiH3].[H+]. The van der Waals surface area contributed by atoms with E-state index in [1.54, 1.807) is 0 Å². The smallest absolute Gasteiger partial charge is 0.337 e. The lowest BCUT2D eigenvalue weighted by atomic mass is 11.3. The second-order valence-electron chi connectivity index (χ2n) is 1.34. The predicted molar refractivity (Wildman–Crippen MR) is 24.7 cm³/mol. The van der Waals surface area contributed by atoms with Crippen LogP contribution in [0.3, 0.4) is 0 Å². The number of hydrogen-bond acceptors (Lipinski definition) is 1. The topological polar surface area (TPSA) is 3.24 Å². The average Bonchev–Trinajstić information content (AvgIpc) is 0.811. The highest BCUT2D eigenvalue weighted by Gasteiger charge is 1.58. The van der Waals surface area contributed by atoms with E-state index >= 15 is 0 Å². The Morgan fingerprint density at radius 2 is 1.75 bits per heavy atom. The van der Waals surface area contributed by atoms with Crippen molar-refractivity contribution < 1.29 is 1.43 Å². The fourth-order valence-corrected chi connectivity index (χ4v) is 0. The lowest BCUT2D eigenvalue weighted by Crippen LogP contribution is -2.02. The van der Waals surface area contributed by atoms with Gasteiger partial charge >= 0.3 is 1.43 Å². The van der Waals surface area contributed by atoms with E-state index in [4.69, 9.17) is 0 Å². The van der Waals surface area contributed by atoms with E-state index in [1.165, 1.54) is 10.4 Å². The summed E-state index contributed by atoms with van der Waals surface area (Å²) < 4.78 is 2.14. The van der Waals surface area contributed by atoms with Crippen molar-refractivity contribution in [2.45, 2.75) is 0 Å². The van der Waals surface area contributed by atoms with Crippen LogP contribution in [0.2, 0.25) is 0 Å². The second-order valence-corrected chi connectivity index (χ2v) is 3.13. The van der Waals surface area contributed by atoms with Gasteiger partial charge < -0.3 is 4.57 Å². The van der Waals surface area contributed by atoms with Crippen LogP contribution in [0.15, 0.2) is 0 Å². The molecule has 0 radical (unpaired) electrons. The molecule has 0 saturated heterocycles. The van der Waals surface area contributed by atoms with Gasteiger partial charge in [0, 0.05) is 0 Å². The monoisotopic (exact) mass is 76.1 g/mol. The summed E-state index contributed by atoms with van der Waals surface area (Å²) in [6.45, 7) is 0. The van der Waals surface area contributed by atoms with Crippen LogP contribution in [0.5, 0.6) is 0 Å². The van der Waals surface area contributed by atoms with E-state index < -0.39 is 0 Å². The standard InChI is InChI=1S/C2H9NSi/c1-3(2)4/h1-2,4H3/p+1. The van der Waals surface area contributed by atoms with Crippen molar-refractivity contribution in [2.24, 2.45) is 0 Å². The van der Waals surface area contributed by atoms with Gasteiger partial charge in [0.15, 0.2) is 0 Å². The molecular formula is C2H10NSi+. The Labute approximate surface area is 31.6 Å². The van der Waals surface area contributed by atoms with Crippen molar-refractivity contribution >= 4 is 10.4 Å². The van der Waals surface area contributed by atoms with Crippen molar-refractivity contribution in [1.29, 1.82) is 0 Å². The van der Waals surface area contributed by atoms with Crippen molar-refractivity contribution in [3.05, 3.63) is 0 Å². The van der Waals surface area contributed by atoms with Gasteiger partial charge in [-0.15, -0.1) is 0 Å². The maximum atomic E-state index is 2.14. The highest BCUT2D eigenvalue weighted by molar-refractivity contribution is 6.03. The summed E-state index contributed by atoms with van der Waals surface area (Å²) in [7, 11) is 5.31. The third-order valence-electron chi connectivity index (χ3n) is 0. The molecule has 0 N–H and O–H groups in total. The normalized spacial score (nSPS) is 9.75. The van der Waals surface area contributed by atoms with Crippen LogP contribution >= 0.6 is 0 Å². The Morgan fingerprint density at radius 1 is 1.75 bits per heavy atom. The number of nitrogens with zero attached hydrogens (tertiary/aromatic N) is 1. The molecule has 0 aromatic carbocycles. The molecule has 0 rings (SSSR count). The number of rotatable bonds is 0. The van der Waals surface area contributed by atoms with E-state index in [0.717, 1.165) is 0 Å². The first-order valence-electron chi connectivity index (χ1n) is 1.34. The van der Waals surface area contributed by atoms with Crippen molar-refractivity contribution in [3.63, 3.8) is 0 Å². The summed E-state index contributed by atoms with van der Waals surface area (Å²) in [5.74, 6) is 0. The average molecular weight is 76.2 g/mol. The fraction of sp³-hybridized carbons (Fsp3) is 1.00. The molecule has 26 valence electrons. The van der Waals surface area contributed by atoms with Gasteiger partial charge in [-0.3, -0.25) is 0 Å².